The first-order chi connectivity index (χ1) is 12.2. The zero-order valence-electron chi connectivity index (χ0n) is 15.1. The minimum Gasteiger partial charge on any atom is -0.377 e. The van der Waals surface area contributed by atoms with Gasteiger partial charge in [-0.15, -0.1) is 0 Å². The van der Waals surface area contributed by atoms with Gasteiger partial charge in [0, 0.05) is 26.1 Å². The zero-order valence-corrected chi connectivity index (χ0v) is 15.1. The van der Waals surface area contributed by atoms with Crippen molar-refractivity contribution in [2.24, 2.45) is 5.92 Å². The molecule has 1 aromatic rings. The first-order valence-corrected chi connectivity index (χ1v) is 9.12. The average molecular weight is 352 g/mol. The van der Waals surface area contributed by atoms with Crippen molar-refractivity contribution in [2.45, 2.75) is 38.9 Å². The molecule has 8 nitrogen and oxygen atoms in total. The number of rotatable bonds is 6. The van der Waals surface area contributed by atoms with Gasteiger partial charge in [0.1, 0.15) is 6.61 Å². The van der Waals surface area contributed by atoms with Gasteiger partial charge in [-0.3, -0.25) is 4.79 Å². The molecule has 2 fully saturated rings. The Balaban J connectivity index is 1.51. The molecule has 0 N–H and O–H groups in total. The fraction of sp³-hybridized carbons (Fsp3) is 0.824. The summed E-state index contributed by atoms with van der Waals surface area (Å²) in [4.78, 5) is 21.5. The minimum absolute atomic E-state index is 0.0933. The first-order valence-electron chi connectivity index (χ1n) is 9.12. The van der Waals surface area contributed by atoms with E-state index in [0.717, 1.165) is 32.5 Å². The molecule has 3 heterocycles. The quantitative estimate of drug-likeness (QED) is 0.746. The molecule has 3 rings (SSSR count). The number of hydrogen-bond donors (Lipinski definition) is 0. The number of amides is 1. The van der Waals surface area contributed by atoms with Crippen LogP contribution in [-0.2, 0) is 27.3 Å². The highest BCUT2D eigenvalue weighted by molar-refractivity contribution is 5.79. The normalized spacial score (nSPS) is 23.1. The van der Waals surface area contributed by atoms with Gasteiger partial charge in [-0.2, -0.15) is 4.98 Å². The van der Waals surface area contributed by atoms with Gasteiger partial charge in [0.2, 0.25) is 11.8 Å². The van der Waals surface area contributed by atoms with E-state index < -0.39 is 0 Å². The van der Waals surface area contributed by atoms with Crippen molar-refractivity contribution in [1.82, 2.24) is 19.9 Å². The van der Waals surface area contributed by atoms with Gasteiger partial charge >= 0.3 is 0 Å². The number of carbonyl (C=O) groups excluding carboxylic acids is 1. The summed E-state index contributed by atoms with van der Waals surface area (Å²) in [5, 5.41) is 3.86. The van der Waals surface area contributed by atoms with E-state index in [4.69, 9.17) is 14.0 Å². The largest absolute Gasteiger partial charge is 0.377 e. The summed E-state index contributed by atoms with van der Waals surface area (Å²) < 4.78 is 16.0. The van der Waals surface area contributed by atoms with E-state index in [9.17, 15) is 4.79 Å². The molecule has 0 bridgehead atoms. The monoisotopic (exact) mass is 352 g/mol. The highest BCUT2D eigenvalue weighted by Gasteiger charge is 2.32. The summed E-state index contributed by atoms with van der Waals surface area (Å²) >= 11 is 0. The summed E-state index contributed by atoms with van der Waals surface area (Å²) in [7, 11) is 1.59. The SMILES string of the molecule is CCN1CCC(C(=O)N2CCO[C@@H](Cc3nc(COC)no3)C2)CC1. The van der Waals surface area contributed by atoms with Crippen LogP contribution in [0.4, 0.5) is 0 Å². The molecule has 0 aliphatic carbocycles. The lowest BCUT2D eigenvalue weighted by molar-refractivity contribution is -0.144. The number of ether oxygens (including phenoxy) is 2. The standard InChI is InChI=1S/C17H28N4O4/c1-3-20-6-4-13(5-7-20)17(22)21-8-9-24-14(11-21)10-16-18-15(12-23-2)19-25-16/h13-14H,3-12H2,1-2H3/t14-/m0/s1. The third kappa shape index (κ3) is 4.77. The maximum atomic E-state index is 12.8. The first kappa shape index (κ1) is 18.3. The van der Waals surface area contributed by atoms with Gasteiger partial charge in [-0.05, 0) is 32.5 Å². The Kier molecular flexibility index (Phi) is 6.39. The van der Waals surface area contributed by atoms with Crippen molar-refractivity contribution in [3.63, 3.8) is 0 Å². The molecule has 2 saturated heterocycles. The Morgan fingerprint density at radius 1 is 1.32 bits per heavy atom. The second kappa shape index (κ2) is 8.73. The van der Waals surface area contributed by atoms with E-state index >= 15 is 0 Å². The van der Waals surface area contributed by atoms with E-state index in [1.165, 1.54) is 0 Å². The number of likely N-dealkylation sites (tertiary alicyclic amines) is 1. The topological polar surface area (TPSA) is 80.9 Å². The van der Waals surface area contributed by atoms with Crippen LogP contribution in [0.2, 0.25) is 0 Å². The molecule has 2 aliphatic heterocycles. The Bertz CT molecular complexity index is 557. The summed E-state index contributed by atoms with van der Waals surface area (Å²) in [5.74, 6) is 1.49. The second-order valence-electron chi connectivity index (χ2n) is 6.73. The van der Waals surface area contributed by atoms with Crippen LogP contribution in [0.15, 0.2) is 4.52 Å². The number of nitrogens with zero attached hydrogens (tertiary/aromatic N) is 4. The molecule has 0 unspecified atom stereocenters. The van der Waals surface area contributed by atoms with E-state index in [0.29, 0.717) is 44.4 Å². The molecule has 0 radical (unpaired) electrons. The molecular weight excluding hydrogens is 324 g/mol. The van der Waals surface area contributed by atoms with Gasteiger partial charge in [0.15, 0.2) is 5.82 Å². The predicted molar refractivity (Wildman–Crippen MR) is 89.9 cm³/mol. The maximum Gasteiger partial charge on any atom is 0.229 e. The molecule has 0 saturated carbocycles. The highest BCUT2D eigenvalue weighted by Crippen LogP contribution is 2.21. The van der Waals surface area contributed by atoms with Gasteiger partial charge in [0.25, 0.3) is 0 Å². The highest BCUT2D eigenvalue weighted by atomic mass is 16.5. The smallest absolute Gasteiger partial charge is 0.229 e. The third-order valence-electron chi connectivity index (χ3n) is 5.02. The number of piperidine rings is 1. The number of hydrogen-bond acceptors (Lipinski definition) is 7. The maximum absolute atomic E-state index is 12.8. The summed E-state index contributed by atoms with van der Waals surface area (Å²) in [6.45, 7) is 7.42. The molecule has 2 aliphatic rings. The molecule has 8 heteroatoms. The molecule has 1 aromatic heterocycles. The summed E-state index contributed by atoms with van der Waals surface area (Å²) in [5.41, 5.74) is 0. The van der Waals surface area contributed by atoms with E-state index in [-0.39, 0.29) is 17.9 Å². The van der Waals surface area contributed by atoms with Gasteiger partial charge in [0.05, 0.1) is 19.1 Å². The molecule has 25 heavy (non-hydrogen) atoms. The van der Waals surface area contributed by atoms with Crippen LogP contribution in [0.3, 0.4) is 0 Å². The Labute approximate surface area is 148 Å². The number of aromatic nitrogens is 2. The molecule has 1 amide bonds. The van der Waals surface area contributed by atoms with E-state index in [1.807, 2.05) is 4.90 Å². The van der Waals surface area contributed by atoms with E-state index in [1.54, 1.807) is 7.11 Å². The van der Waals surface area contributed by atoms with Crippen molar-refractivity contribution in [3.05, 3.63) is 11.7 Å². The van der Waals surface area contributed by atoms with E-state index in [2.05, 4.69) is 22.0 Å². The lowest BCUT2D eigenvalue weighted by Gasteiger charge is -2.37. The Hall–Kier alpha value is -1.51. The number of methoxy groups -OCH3 is 1. The van der Waals surface area contributed by atoms with Crippen molar-refractivity contribution in [1.29, 1.82) is 0 Å². The lowest BCUT2D eigenvalue weighted by atomic mass is 9.95. The van der Waals surface area contributed by atoms with Gasteiger partial charge < -0.3 is 23.8 Å². The van der Waals surface area contributed by atoms with Crippen molar-refractivity contribution >= 4 is 5.91 Å². The number of carbonyl (C=O) groups is 1. The van der Waals surface area contributed by atoms with Gasteiger partial charge in [-0.25, -0.2) is 0 Å². The Morgan fingerprint density at radius 3 is 2.84 bits per heavy atom. The second-order valence-corrected chi connectivity index (χ2v) is 6.73. The predicted octanol–water partition coefficient (Wildman–Crippen LogP) is 0.718. The summed E-state index contributed by atoms with van der Waals surface area (Å²) in [6.07, 6.45) is 2.34. The molecular formula is C17H28N4O4. The zero-order chi connectivity index (χ0) is 17.6. The molecule has 140 valence electrons. The third-order valence-corrected chi connectivity index (χ3v) is 5.02. The fourth-order valence-corrected chi connectivity index (χ4v) is 3.55. The molecule has 1 atom stereocenters. The van der Waals surface area contributed by atoms with Crippen LogP contribution in [-0.4, -0.2) is 78.4 Å². The number of morpholine rings is 1. The Morgan fingerprint density at radius 2 is 2.12 bits per heavy atom. The molecule has 0 aromatic carbocycles. The average Bonchev–Trinajstić information content (AvgIpc) is 3.09. The fourth-order valence-electron chi connectivity index (χ4n) is 3.55. The van der Waals surface area contributed by atoms with Crippen molar-refractivity contribution < 1.29 is 18.8 Å². The van der Waals surface area contributed by atoms with Crippen LogP contribution in [0.1, 0.15) is 31.5 Å². The molecule has 0 spiro atoms. The minimum atomic E-state index is -0.0933. The summed E-state index contributed by atoms with van der Waals surface area (Å²) in [6, 6.07) is 0. The van der Waals surface area contributed by atoms with Crippen LogP contribution < -0.4 is 0 Å². The van der Waals surface area contributed by atoms with Crippen molar-refractivity contribution in [3.8, 4) is 0 Å². The van der Waals surface area contributed by atoms with Crippen LogP contribution >= 0.6 is 0 Å². The van der Waals surface area contributed by atoms with Crippen LogP contribution in [0.5, 0.6) is 0 Å². The van der Waals surface area contributed by atoms with Gasteiger partial charge in [-0.1, -0.05) is 12.1 Å². The van der Waals surface area contributed by atoms with Crippen LogP contribution in [0.25, 0.3) is 0 Å². The lowest BCUT2D eigenvalue weighted by Crippen LogP contribution is -2.50. The van der Waals surface area contributed by atoms with Crippen LogP contribution in [0, 0.1) is 5.92 Å². The van der Waals surface area contributed by atoms with Crippen molar-refractivity contribution in [2.75, 3.05) is 46.4 Å².